The van der Waals surface area contributed by atoms with E-state index >= 15 is 0 Å². The average Bonchev–Trinajstić information content (AvgIpc) is 3.44. The first-order valence-electron chi connectivity index (χ1n) is 11.0. The molecule has 2 aromatic heterocycles. The van der Waals surface area contributed by atoms with E-state index in [-0.39, 0.29) is 5.57 Å². The molecule has 0 saturated heterocycles. The molecular formula is C26H24ClN5O2. The molecule has 1 aliphatic rings. The Hall–Kier alpha value is -3.68. The van der Waals surface area contributed by atoms with Gasteiger partial charge in [0.05, 0.1) is 22.2 Å². The van der Waals surface area contributed by atoms with Gasteiger partial charge in [-0.3, -0.25) is 19.6 Å². The predicted octanol–water partition coefficient (Wildman–Crippen LogP) is 4.26. The molecule has 1 aliphatic heterocycles. The van der Waals surface area contributed by atoms with Crippen molar-refractivity contribution in [2.75, 3.05) is 20.6 Å². The van der Waals surface area contributed by atoms with E-state index in [1.54, 1.807) is 24.5 Å². The average molecular weight is 474 g/mol. The quantitative estimate of drug-likeness (QED) is 0.407. The molecule has 34 heavy (non-hydrogen) atoms. The number of hydrogen-bond acceptors (Lipinski definition) is 4. The lowest BCUT2D eigenvalue weighted by atomic mass is 9.97. The molecule has 4 aromatic rings. The lowest BCUT2D eigenvalue weighted by molar-refractivity contribution is -0.122. The number of halogens is 1. The van der Waals surface area contributed by atoms with Crippen LogP contribution in [0.2, 0.25) is 5.02 Å². The van der Waals surface area contributed by atoms with Crippen molar-refractivity contribution >= 4 is 62.6 Å². The van der Waals surface area contributed by atoms with Crippen molar-refractivity contribution < 1.29 is 9.59 Å². The maximum atomic E-state index is 13.1. The van der Waals surface area contributed by atoms with Crippen molar-refractivity contribution in [3.63, 3.8) is 0 Å². The topological polar surface area (TPSA) is 72.2 Å². The number of hydrogen-bond donors (Lipinski definition) is 1. The molecule has 0 radical (unpaired) electrons. The predicted molar refractivity (Wildman–Crippen MR) is 136 cm³/mol. The summed E-state index contributed by atoms with van der Waals surface area (Å²) >= 11 is 6.28. The highest BCUT2D eigenvalue weighted by Gasteiger charge is 2.36. The van der Waals surface area contributed by atoms with Gasteiger partial charge in [0.2, 0.25) is 0 Å². The van der Waals surface area contributed by atoms with Gasteiger partial charge in [0.25, 0.3) is 11.8 Å². The van der Waals surface area contributed by atoms with Gasteiger partial charge in [0, 0.05) is 40.3 Å². The summed E-state index contributed by atoms with van der Waals surface area (Å²) in [5.41, 5.74) is 3.44. The smallest absolute Gasteiger partial charge is 0.261 e. The minimum Gasteiger partial charge on any atom is -0.323 e. The number of nitrogens with zero attached hydrogens (tertiary/aromatic N) is 4. The molecule has 0 bridgehead atoms. The van der Waals surface area contributed by atoms with Crippen LogP contribution in [0.15, 0.2) is 55.2 Å². The molecule has 0 saturated carbocycles. The minimum absolute atomic E-state index is 0.274. The van der Waals surface area contributed by atoms with Crippen molar-refractivity contribution in [1.29, 1.82) is 0 Å². The molecule has 0 fully saturated rings. The van der Waals surface area contributed by atoms with Gasteiger partial charge in [-0.15, -0.1) is 0 Å². The normalized spacial score (nSPS) is 14.1. The Morgan fingerprint density at radius 1 is 1.06 bits per heavy atom. The van der Waals surface area contributed by atoms with E-state index in [0.717, 1.165) is 34.8 Å². The lowest BCUT2D eigenvalue weighted by Crippen LogP contribution is -2.22. The second kappa shape index (κ2) is 8.59. The summed E-state index contributed by atoms with van der Waals surface area (Å²) < 4.78 is 3.73. The maximum absolute atomic E-state index is 13.1. The first-order chi connectivity index (χ1) is 16.4. The molecule has 172 valence electrons. The third-order valence-corrected chi connectivity index (χ3v) is 6.30. The number of nitrogens with one attached hydrogen (secondary N) is 1. The Labute approximate surface area is 201 Å². The van der Waals surface area contributed by atoms with Gasteiger partial charge in [0.15, 0.2) is 0 Å². The molecule has 3 heterocycles. The summed E-state index contributed by atoms with van der Waals surface area (Å²) in [4.78, 5) is 28.3. The second-order valence-corrected chi connectivity index (χ2v) is 9.01. The molecule has 8 heteroatoms. The van der Waals surface area contributed by atoms with Gasteiger partial charge in [-0.05, 0) is 51.3 Å². The Kier molecular flexibility index (Phi) is 5.59. The van der Waals surface area contributed by atoms with Crippen LogP contribution in [0.1, 0.15) is 17.7 Å². The first-order valence-corrected chi connectivity index (χ1v) is 11.4. The standard InChI is InChI=1S/C26H24ClN5O2/c1-4-31-15-19(18-14-16(27)10-11-20(18)31)22-23(26(34)28-25(22)33)24-17-8-5-6-9-21(17)32(29-24)13-7-12-30(2)3/h4-6,8-11,14-15H,1,7,12-13H2,2-3H3,(H,28,33,34). The molecule has 2 aromatic carbocycles. The van der Waals surface area contributed by atoms with Crippen LogP contribution in [0.25, 0.3) is 39.2 Å². The number of amides is 2. The molecule has 0 aliphatic carbocycles. The molecule has 2 amide bonds. The zero-order chi connectivity index (χ0) is 24.0. The highest BCUT2D eigenvalue weighted by Crippen LogP contribution is 2.38. The molecule has 1 N–H and O–H groups in total. The second-order valence-electron chi connectivity index (χ2n) is 8.57. The number of aryl methyl sites for hydroxylation is 1. The van der Waals surface area contributed by atoms with Crippen LogP contribution in [0.3, 0.4) is 0 Å². The number of carbonyl (C=O) groups is 2. The number of carbonyl (C=O) groups excluding carboxylic acids is 2. The van der Waals surface area contributed by atoms with Crippen LogP contribution < -0.4 is 5.32 Å². The van der Waals surface area contributed by atoms with Gasteiger partial charge in [-0.1, -0.05) is 36.4 Å². The largest absolute Gasteiger partial charge is 0.323 e. The molecular weight excluding hydrogens is 450 g/mol. The van der Waals surface area contributed by atoms with Crippen LogP contribution in [0.5, 0.6) is 0 Å². The van der Waals surface area contributed by atoms with Gasteiger partial charge >= 0.3 is 0 Å². The van der Waals surface area contributed by atoms with E-state index in [4.69, 9.17) is 16.7 Å². The van der Waals surface area contributed by atoms with Gasteiger partial charge in [-0.2, -0.15) is 5.10 Å². The lowest BCUT2D eigenvalue weighted by Gasteiger charge is -2.09. The Morgan fingerprint density at radius 3 is 2.59 bits per heavy atom. The summed E-state index contributed by atoms with van der Waals surface area (Å²) in [6.07, 6.45) is 4.36. The van der Waals surface area contributed by atoms with Crippen LogP contribution in [0.4, 0.5) is 0 Å². The monoisotopic (exact) mass is 473 g/mol. The SMILES string of the molecule is C=Cn1cc(C2=C(c3nn(CCCN(C)C)c4ccccc34)C(=O)NC2=O)c2cc(Cl)ccc21. The van der Waals surface area contributed by atoms with Crippen molar-refractivity contribution in [3.8, 4) is 0 Å². The fourth-order valence-electron chi connectivity index (χ4n) is 4.53. The van der Waals surface area contributed by atoms with Gasteiger partial charge in [-0.25, -0.2) is 0 Å². The zero-order valence-electron chi connectivity index (χ0n) is 19.0. The fraction of sp³-hybridized carbons (Fsp3) is 0.192. The zero-order valence-corrected chi connectivity index (χ0v) is 19.8. The Morgan fingerprint density at radius 2 is 1.82 bits per heavy atom. The van der Waals surface area contributed by atoms with Gasteiger partial charge < -0.3 is 9.47 Å². The third kappa shape index (κ3) is 3.63. The van der Waals surface area contributed by atoms with Crippen LogP contribution >= 0.6 is 11.6 Å². The number of imide groups is 1. The van der Waals surface area contributed by atoms with E-state index in [1.165, 1.54) is 0 Å². The Bertz CT molecular complexity index is 1510. The van der Waals surface area contributed by atoms with E-state index in [9.17, 15) is 9.59 Å². The summed E-state index contributed by atoms with van der Waals surface area (Å²) in [5.74, 6) is -0.903. The number of rotatable bonds is 7. The molecule has 0 spiro atoms. The number of fused-ring (bicyclic) bond motifs is 2. The van der Waals surface area contributed by atoms with Crippen molar-refractivity contribution in [2.24, 2.45) is 0 Å². The van der Waals surface area contributed by atoms with Crippen LogP contribution in [-0.4, -0.2) is 51.7 Å². The molecule has 7 nitrogen and oxygen atoms in total. The van der Waals surface area contributed by atoms with E-state index in [1.807, 2.05) is 53.7 Å². The van der Waals surface area contributed by atoms with Crippen molar-refractivity contribution in [2.45, 2.75) is 13.0 Å². The number of para-hydroxylation sites is 1. The van der Waals surface area contributed by atoms with Crippen molar-refractivity contribution in [3.05, 3.63) is 71.5 Å². The van der Waals surface area contributed by atoms with E-state index in [2.05, 4.69) is 16.8 Å². The van der Waals surface area contributed by atoms with Crippen LogP contribution in [0, 0.1) is 0 Å². The molecule has 0 unspecified atom stereocenters. The van der Waals surface area contributed by atoms with E-state index < -0.39 is 11.8 Å². The summed E-state index contributed by atoms with van der Waals surface area (Å²) in [6, 6.07) is 13.2. The van der Waals surface area contributed by atoms with Crippen LogP contribution in [-0.2, 0) is 16.1 Å². The summed E-state index contributed by atoms with van der Waals surface area (Å²) in [7, 11) is 4.06. The Balaban J connectivity index is 1.75. The first kappa shape index (κ1) is 22.1. The molecule has 5 rings (SSSR count). The minimum atomic E-state index is -0.453. The number of benzene rings is 2. The van der Waals surface area contributed by atoms with E-state index in [0.29, 0.717) is 28.4 Å². The van der Waals surface area contributed by atoms with Gasteiger partial charge in [0.1, 0.15) is 5.69 Å². The van der Waals surface area contributed by atoms with Crippen molar-refractivity contribution in [1.82, 2.24) is 24.6 Å². The maximum Gasteiger partial charge on any atom is 0.261 e. The summed E-state index contributed by atoms with van der Waals surface area (Å²) in [6.45, 7) is 5.48. The third-order valence-electron chi connectivity index (χ3n) is 6.06. The molecule has 0 atom stereocenters. The number of aromatic nitrogens is 3. The summed E-state index contributed by atoms with van der Waals surface area (Å²) in [5, 5.41) is 9.44. The highest BCUT2D eigenvalue weighted by molar-refractivity contribution is 6.50. The fourth-order valence-corrected chi connectivity index (χ4v) is 4.71. The highest BCUT2D eigenvalue weighted by atomic mass is 35.5.